The molecule has 0 saturated heterocycles. The summed E-state index contributed by atoms with van der Waals surface area (Å²) >= 11 is 7.99. The van der Waals surface area contributed by atoms with E-state index in [1.54, 1.807) is 0 Å². The fourth-order valence-electron chi connectivity index (χ4n) is 3.46. The number of hydrogen-bond acceptors (Lipinski definition) is 4. The molecule has 2 aliphatic rings. The zero-order valence-electron chi connectivity index (χ0n) is 13.9. The van der Waals surface area contributed by atoms with E-state index in [4.69, 9.17) is 0 Å². The molecule has 0 aliphatic carbocycles. The quantitative estimate of drug-likeness (QED) is 0.482. The van der Waals surface area contributed by atoms with Gasteiger partial charge in [-0.05, 0) is 38.1 Å². The zero-order chi connectivity index (χ0) is 17.0. The highest BCUT2D eigenvalue weighted by molar-refractivity contribution is 8.19. The molecule has 0 spiro atoms. The lowest BCUT2D eigenvalue weighted by Crippen LogP contribution is -1.95. The molecule has 0 radical (unpaired) electrons. The number of fused-ring (bicyclic) bond motifs is 2. The van der Waals surface area contributed by atoms with Crippen molar-refractivity contribution in [2.45, 2.75) is 42.6 Å². The molecular weight excluding hydrogens is 382 g/mol. The van der Waals surface area contributed by atoms with Gasteiger partial charge in [0.05, 0.1) is 9.16 Å². The number of aryl methyl sites for hydroxylation is 2. The summed E-state index contributed by atoms with van der Waals surface area (Å²) in [5.74, 6) is 0. The minimum Gasteiger partial charge on any atom is -0.362 e. The Morgan fingerprint density at radius 2 is 0.920 bits per heavy atom. The lowest BCUT2D eigenvalue weighted by Gasteiger charge is -2.16. The van der Waals surface area contributed by atoms with E-state index < -0.39 is 0 Å². The second-order valence-corrected chi connectivity index (χ2v) is 11.4. The highest BCUT2D eigenvalue weighted by Gasteiger charge is 2.35. The number of hydrogen-bond donors (Lipinski definition) is 1. The number of benzene rings is 2. The Kier molecular flexibility index (Phi) is 4.16. The van der Waals surface area contributed by atoms with Gasteiger partial charge in [0.25, 0.3) is 0 Å². The number of aromatic nitrogens is 1. The summed E-state index contributed by atoms with van der Waals surface area (Å²) in [7, 11) is 0. The maximum Gasteiger partial charge on any atom is 0.0867 e. The van der Waals surface area contributed by atoms with Crippen LogP contribution in [-0.2, 0) is 0 Å². The average Bonchev–Trinajstić information content (AvgIpc) is 3.28. The Morgan fingerprint density at radius 1 is 0.600 bits per heavy atom. The zero-order valence-corrected chi connectivity index (χ0v) is 17.2. The molecule has 3 aromatic rings. The van der Waals surface area contributed by atoms with Gasteiger partial charge >= 0.3 is 0 Å². The van der Waals surface area contributed by atoms with E-state index >= 15 is 0 Å². The summed E-state index contributed by atoms with van der Waals surface area (Å²) in [6.07, 6.45) is 0. The lowest BCUT2D eigenvalue weighted by atomic mass is 10.1. The van der Waals surface area contributed by atoms with Crippen LogP contribution in [0.2, 0.25) is 0 Å². The van der Waals surface area contributed by atoms with Crippen molar-refractivity contribution in [2.75, 3.05) is 0 Å². The van der Waals surface area contributed by atoms with Crippen molar-refractivity contribution in [3.63, 3.8) is 0 Å². The van der Waals surface area contributed by atoms with E-state index in [-0.39, 0.29) is 0 Å². The van der Waals surface area contributed by atoms with E-state index in [1.807, 2.05) is 47.0 Å². The van der Waals surface area contributed by atoms with Crippen molar-refractivity contribution >= 4 is 47.0 Å². The Hall–Kier alpha value is -0.880. The standard InChI is InChI=1S/C20H17NS4/c1-11-17(19-22-13-7-3-4-8-14(13)23-19)18(12(2)21-11)20-24-15-9-5-6-10-16(15)25-20/h3-10,19-21H,1-2H3. The fourth-order valence-corrected chi connectivity index (χ4v) is 9.64. The second kappa shape index (κ2) is 6.38. The third kappa shape index (κ3) is 2.76. The smallest absolute Gasteiger partial charge is 0.0867 e. The predicted octanol–water partition coefficient (Wildman–Crippen LogP) is 7.42. The monoisotopic (exact) mass is 399 g/mol. The highest BCUT2D eigenvalue weighted by Crippen LogP contribution is 2.63. The number of thioether (sulfide) groups is 4. The average molecular weight is 400 g/mol. The van der Waals surface area contributed by atoms with E-state index in [2.05, 4.69) is 67.4 Å². The number of aromatic amines is 1. The number of H-pyrrole nitrogens is 1. The third-order valence-corrected chi connectivity index (χ3v) is 10.2. The van der Waals surface area contributed by atoms with Crippen LogP contribution in [0.5, 0.6) is 0 Å². The molecule has 0 amide bonds. The van der Waals surface area contributed by atoms with Crippen molar-refractivity contribution in [3.8, 4) is 0 Å². The largest absolute Gasteiger partial charge is 0.362 e. The van der Waals surface area contributed by atoms with Gasteiger partial charge in [-0.3, -0.25) is 0 Å². The van der Waals surface area contributed by atoms with Crippen LogP contribution >= 0.6 is 47.0 Å². The Morgan fingerprint density at radius 3 is 1.24 bits per heavy atom. The van der Waals surface area contributed by atoms with E-state index in [1.165, 1.54) is 42.1 Å². The molecule has 1 N–H and O–H groups in total. The number of nitrogens with one attached hydrogen (secondary N) is 1. The topological polar surface area (TPSA) is 15.8 Å². The summed E-state index contributed by atoms with van der Waals surface area (Å²) in [6.45, 7) is 4.46. The van der Waals surface area contributed by atoms with Gasteiger partial charge in [0.1, 0.15) is 0 Å². The summed E-state index contributed by atoms with van der Waals surface area (Å²) in [5.41, 5.74) is 5.65. The maximum atomic E-state index is 3.63. The van der Waals surface area contributed by atoms with Gasteiger partial charge in [0.15, 0.2) is 0 Å². The molecule has 0 atom stereocenters. The summed E-state index contributed by atoms with van der Waals surface area (Å²) in [5, 5.41) is 0. The maximum absolute atomic E-state index is 3.63. The number of rotatable bonds is 2. The molecule has 2 aromatic carbocycles. The van der Waals surface area contributed by atoms with E-state index in [0.29, 0.717) is 9.16 Å². The summed E-state index contributed by atoms with van der Waals surface area (Å²) < 4.78 is 0.893. The normalized spacial score (nSPS) is 17.0. The molecule has 3 heterocycles. The molecule has 1 nitrogen and oxygen atoms in total. The molecule has 0 fully saturated rings. The molecule has 5 heteroatoms. The lowest BCUT2D eigenvalue weighted by molar-refractivity contribution is 1.16. The summed E-state index contributed by atoms with van der Waals surface area (Å²) in [4.78, 5) is 9.28. The van der Waals surface area contributed by atoms with E-state index in [9.17, 15) is 0 Å². The molecule has 25 heavy (non-hydrogen) atoms. The predicted molar refractivity (Wildman–Crippen MR) is 112 cm³/mol. The van der Waals surface area contributed by atoms with Crippen molar-refractivity contribution in [1.82, 2.24) is 4.98 Å². The van der Waals surface area contributed by atoms with Crippen LogP contribution in [0, 0.1) is 13.8 Å². The molecule has 0 saturated carbocycles. The van der Waals surface area contributed by atoms with Crippen molar-refractivity contribution in [2.24, 2.45) is 0 Å². The van der Waals surface area contributed by atoms with Crippen LogP contribution in [0.25, 0.3) is 0 Å². The second-order valence-electron chi connectivity index (χ2n) is 6.23. The minimum absolute atomic E-state index is 0.447. The van der Waals surface area contributed by atoms with Gasteiger partial charge in [0.2, 0.25) is 0 Å². The SMILES string of the molecule is Cc1[nH]c(C)c(C2Sc3ccccc3S2)c1C1Sc2ccccc2S1. The van der Waals surface area contributed by atoms with Gasteiger partial charge in [-0.1, -0.05) is 24.3 Å². The van der Waals surface area contributed by atoms with Crippen molar-refractivity contribution in [3.05, 3.63) is 71.0 Å². The van der Waals surface area contributed by atoms with Gasteiger partial charge in [-0.2, -0.15) is 0 Å². The van der Waals surface area contributed by atoms with Crippen LogP contribution in [0.15, 0.2) is 68.1 Å². The van der Waals surface area contributed by atoms with E-state index in [0.717, 1.165) is 0 Å². The van der Waals surface area contributed by atoms with Crippen LogP contribution in [-0.4, -0.2) is 4.98 Å². The van der Waals surface area contributed by atoms with Crippen LogP contribution in [0.1, 0.15) is 31.7 Å². The van der Waals surface area contributed by atoms with Crippen molar-refractivity contribution < 1.29 is 0 Å². The first-order chi connectivity index (χ1) is 12.2. The minimum atomic E-state index is 0.447. The molecule has 126 valence electrons. The fraction of sp³-hybridized carbons (Fsp3) is 0.200. The Labute approximate surface area is 165 Å². The van der Waals surface area contributed by atoms with Crippen molar-refractivity contribution in [1.29, 1.82) is 0 Å². The summed E-state index contributed by atoms with van der Waals surface area (Å²) in [6, 6.07) is 17.6. The van der Waals surface area contributed by atoms with Gasteiger partial charge in [-0.15, -0.1) is 47.0 Å². The first-order valence-electron chi connectivity index (χ1n) is 8.24. The molecule has 0 unspecified atom stereocenters. The van der Waals surface area contributed by atoms with Crippen LogP contribution in [0.4, 0.5) is 0 Å². The Balaban J connectivity index is 1.53. The Bertz CT molecular complexity index is 836. The molecule has 2 aliphatic heterocycles. The first-order valence-corrected chi connectivity index (χ1v) is 11.8. The molecular formula is C20H17NS4. The van der Waals surface area contributed by atoms with Gasteiger partial charge in [0, 0.05) is 42.1 Å². The van der Waals surface area contributed by atoms with Crippen LogP contribution in [0.3, 0.4) is 0 Å². The molecule has 0 bridgehead atoms. The molecule has 5 rings (SSSR count). The third-order valence-electron chi connectivity index (χ3n) is 4.58. The van der Waals surface area contributed by atoms with Crippen LogP contribution < -0.4 is 0 Å². The first kappa shape index (κ1) is 16.3. The van der Waals surface area contributed by atoms with Gasteiger partial charge in [-0.25, -0.2) is 0 Å². The highest BCUT2D eigenvalue weighted by atomic mass is 32.2. The van der Waals surface area contributed by atoms with Gasteiger partial charge < -0.3 is 4.98 Å². The molecule has 1 aromatic heterocycles.